The lowest BCUT2D eigenvalue weighted by Gasteiger charge is -2.23. The molecule has 0 spiro atoms. The molecule has 0 bridgehead atoms. The monoisotopic (exact) mass is 532 g/mol. The maximum absolute atomic E-state index is 11.7. The van der Waals surface area contributed by atoms with Gasteiger partial charge in [-0.2, -0.15) is 0 Å². The number of carboxylic acids is 1. The molecule has 6 nitrogen and oxygen atoms in total. The first-order chi connectivity index (χ1) is 18.5. The maximum atomic E-state index is 11.7. The first kappa shape index (κ1) is 25.0. The molecule has 1 atom stereocenters. The van der Waals surface area contributed by atoms with Crippen molar-refractivity contribution in [1.82, 2.24) is 0 Å². The highest BCUT2D eigenvalue weighted by Crippen LogP contribution is 2.39. The Hall–Kier alpha value is -3.32. The minimum absolute atomic E-state index is 0.0696. The first-order valence-electron chi connectivity index (χ1n) is 13.4. The molecule has 1 saturated heterocycles. The minimum Gasteiger partial charge on any atom is -0.492 e. The van der Waals surface area contributed by atoms with E-state index < -0.39 is 16.8 Å². The van der Waals surface area contributed by atoms with Crippen molar-refractivity contribution in [2.45, 2.75) is 57.2 Å². The zero-order valence-electron chi connectivity index (χ0n) is 21.3. The second-order valence-corrected chi connectivity index (χ2v) is 12.1. The third-order valence-corrected chi connectivity index (χ3v) is 9.14. The number of ether oxygens (including phenoxy) is 3. The molecular weight excluding hydrogens is 500 g/mol. The topological polar surface area (TPSA) is 82.1 Å². The summed E-state index contributed by atoms with van der Waals surface area (Å²) in [5.74, 6) is 2.87. The minimum atomic E-state index is -0.816. The molecule has 2 heterocycles. The van der Waals surface area contributed by atoms with E-state index in [9.17, 15) is 9.00 Å². The van der Waals surface area contributed by atoms with Crippen LogP contribution in [-0.2, 0) is 35.0 Å². The van der Waals surface area contributed by atoms with Crippen molar-refractivity contribution in [1.29, 1.82) is 0 Å². The zero-order chi connectivity index (χ0) is 26.1. The normalized spacial score (nSPS) is 21.8. The first-order valence-corrected chi connectivity index (χ1v) is 14.9. The van der Waals surface area contributed by atoms with Crippen molar-refractivity contribution in [3.8, 4) is 28.4 Å². The average Bonchev–Trinajstić information content (AvgIpc) is 3.21. The van der Waals surface area contributed by atoms with Gasteiger partial charge in [0.05, 0.1) is 13.0 Å². The maximum Gasteiger partial charge on any atom is 0.304 e. The van der Waals surface area contributed by atoms with Crippen molar-refractivity contribution in [2.75, 3.05) is 18.1 Å². The summed E-state index contributed by atoms with van der Waals surface area (Å²) in [5, 5.41) is 9.12. The van der Waals surface area contributed by atoms with Gasteiger partial charge in [0.25, 0.3) is 0 Å². The summed E-state index contributed by atoms with van der Waals surface area (Å²) in [6.45, 7) is 0.827. The summed E-state index contributed by atoms with van der Waals surface area (Å²) < 4.78 is 29.8. The van der Waals surface area contributed by atoms with E-state index in [0.717, 1.165) is 60.5 Å². The van der Waals surface area contributed by atoms with Gasteiger partial charge < -0.3 is 19.3 Å². The molecule has 1 fully saturated rings. The Labute approximate surface area is 225 Å². The molecule has 3 aromatic carbocycles. The highest BCUT2D eigenvalue weighted by molar-refractivity contribution is 7.85. The quantitative estimate of drug-likeness (QED) is 0.423. The Morgan fingerprint density at radius 3 is 2.61 bits per heavy atom. The standard InChI is InChI=1S/C31H32O6S/c32-31(33)16-23-19-36-30-17-25(6-9-28(23)30)35-18-20-4-5-21-2-1-3-22-15-26(7-8-27(22)29(21)14-20)37-24-10-12-38(34)13-11-24/h4-9,14-15,17,23-24H,1-3,10-13,16,18-19H2,(H,32,33). The van der Waals surface area contributed by atoms with E-state index >= 15 is 0 Å². The van der Waals surface area contributed by atoms with Gasteiger partial charge in [0.15, 0.2) is 0 Å². The lowest BCUT2D eigenvalue weighted by molar-refractivity contribution is -0.137. The largest absolute Gasteiger partial charge is 0.492 e. The lowest BCUT2D eigenvalue weighted by Crippen LogP contribution is -2.27. The molecule has 7 heteroatoms. The molecule has 6 rings (SSSR count). The Balaban J connectivity index is 1.16. The third kappa shape index (κ3) is 5.44. The summed E-state index contributed by atoms with van der Waals surface area (Å²) >= 11 is 0. The molecule has 0 aromatic heterocycles. The molecule has 198 valence electrons. The van der Waals surface area contributed by atoms with Gasteiger partial charge in [-0.05, 0) is 84.2 Å². The Morgan fingerprint density at radius 2 is 1.76 bits per heavy atom. The van der Waals surface area contributed by atoms with Crippen LogP contribution in [0.25, 0.3) is 11.1 Å². The van der Waals surface area contributed by atoms with Crippen molar-refractivity contribution in [3.05, 3.63) is 76.9 Å². The van der Waals surface area contributed by atoms with Crippen LogP contribution in [0.1, 0.15) is 53.9 Å². The Kier molecular flexibility index (Phi) is 7.11. The van der Waals surface area contributed by atoms with E-state index in [-0.39, 0.29) is 18.4 Å². The second-order valence-electron chi connectivity index (χ2n) is 10.4. The summed E-state index contributed by atoms with van der Waals surface area (Å²) in [4.78, 5) is 11.1. The highest BCUT2D eigenvalue weighted by Gasteiger charge is 2.27. The van der Waals surface area contributed by atoms with E-state index in [2.05, 4.69) is 36.4 Å². The van der Waals surface area contributed by atoms with Crippen LogP contribution in [0.15, 0.2) is 54.6 Å². The molecule has 0 radical (unpaired) electrons. The number of rotatable bonds is 7. The smallest absolute Gasteiger partial charge is 0.304 e. The highest BCUT2D eigenvalue weighted by atomic mass is 32.2. The number of fused-ring (bicyclic) bond motifs is 4. The number of aryl methyl sites for hydroxylation is 2. The number of aliphatic carboxylic acids is 1. The van der Waals surface area contributed by atoms with Gasteiger partial charge in [-0.1, -0.05) is 24.3 Å². The fourth-order valence-electron chi connectivity index (χ4n) is 5.74. The van der Waals surface area contributed by atoms with Crippen LogP contribution >= 0.6 is 0 Å². The van der Waals surface area contributed by atoms with E-state index in [1.165, 1.54) is 22.3 Å². The van der Waals surface area contributed by atoms with Crippen LogP contribution in [0.5, 0.6) is 17.2 Å². The number of benzene rings is 3. The van der Waals surface area contributed by atoms with E-state index in [0.29, 0.717) is 24.7 Å². The summed E-state index contributed by atoms with van der Waals surface area (Å²) in [7, 11) is -0.684. The number of carbonyl (C=O) groups is 1. The van der Waals surface area contributed by atoms with Crippen LogP contribution in [-0.4, -0.2) is 39.5 Å². The number of hydrogen-bond acceptors (Lipinski definition) is 5. The van der Waals surface area contributed by atoms with Gasteiger partial charge >= 0.3 is 5.97 Å². The van der Waals surface area contributed by atoms with E-state index in [1.54, 1.807) is 0 Å². The molecule has 3 aliphatic rings. The van der Waals surface area contributed by atoms with Gasteiger partial charge in [-0.3, -0.25) is 9.00 Å². The third-order valence-electron chi connectivity index (χ3n) is 7.76. The number of hydrogen-bond donors (Lipinski definition) is 1. The van der Waals surface area contributed by atoms with Crippen LogP contribution in [0, 0.1) is 0 Å². The Morgan fingerprint density at radius 1 is 0.947 bits per heavy atom. The van der Waals surface area contributed by atoms with Crippen LogP contribution in [0.2, 0.25) is 0 Å². The van der Waals surface area contributed by atoms with Gasteiger partial charge in [-0.15, -0.1) is 0 Å². The summed E-state index contributed by atoms with van der Waals surface area (Å²) in [6, 6.07) is 18.7. The molecule has 0 amide bonds. The van der Waals surface area contributed by atoms with Crippen molar-refractivity contribution in [3.63, 3.8) is 0 Å². The van der Waals surface area contributed by atoms with Crippen LogP contribution < -0.4 is 14.2 Å². The van der Waals surface area contributed by atoms with Gasteiger partial charge in [0, 0.05) is 39.9 Å². The lowest BCUT2D eigenvalue weighted by atomic mass is 9.95. The van der Waals surface area contributed by atoms with Crippen molar-refractivity contribution >= 4 is 16.8 Å². The molecule has 2 aliphatic heterocycles. The van der Waals surface area contributed by atoms with Crippen molar-refractivity contribution in [2.24, 2.45) is 0 Å². The summed E-state index contributed by atoms with van der Waals surface area (Å²) in [5.41, 5.74) is 7.20. The van der Waals surface area contributed by atoms with Gasteiger partial charge in [-0.25, -0.2) is 0 Å². The average molecular weight is 533 g/mol. The van der Waals surface area contributed by atoms with Gasteiger partial charge in [0.1, 0.15) is 30.0 Å². The van der Waals surface area contributed by atoms with Crippen molar-refractivity contribution < 1.29 is 28.3 Å². The molecular formula is C31H32O6S. The molecule has 0 saturated carbocycles. The predicted molar refractivity (Wildman–Crippen MR) is 147 cm³/mol. The second kappa shape index (κ2) is 10.8. The van der Waals surface area contributed by atoms with Gasteiger partial charge in [0.2, 0.25) is 0 Å². The molecule has 3 aromatic rings. The number of carboxylic acid groups (broad SMARTS) is 1. The molecule has 1 N–H and O–H groups in total. The summed E-state index contributed by atoms with van der Waals surface area (Å²) in [6.07, 6.45) is 5.08. The Bertz CT molecular complexity index is 1370. The predicted octanol–water partition coefficient (Wildman–Crippen LogP) is 5.66. The fourth-order valence-corrected chi connectivity index (χ4v) is 7.00. The molecule has 1 aliphatic carbocycles. The fraction of sp³-hybridized carbons (Fsp3) is 0.387. The zero-order valence-corrected chi connectivity index (χ0v) is 22.1. The van der Waals surface area contributed by atoms with E-state index in [4.69, 9.17) is 19.3 Å². The van der Waals surface area contributed by atoms with Crippen LogP contribution in [0.4, 0.5) is 0 Å². The SMILES string of the molecule is O=C(O)CC1COc2cc(OCc3ccc4c(c3)-c3ccc(OC5CCS(=O)CC5)cc3CCC4)ccc21. The van der Waals surface area contributed by atoms with E-state index in [1.807, 2.05) is 18.2 Å². The molecule has 38 heavy (non-hydrogen) atoms. The van der Waals surface area contributed by atoms with Crippen LogP contribution in [0.3, 0.4) is 0 Å². The molecule has 1 unspecified atom stereocenters.